The minimum Gasteiger partial charge on any atom is -0.480 e. The summed E-state index contributed by atoms with van der Waals surface area (Å²) in [4.78, 5) is 23.2. The first kappa shape index (κ1) is 12.9. The second kappa shape index (κ2) is 4.75. The van der Waals surface area contributed by atoms with Gasteiger partial charge in [-0.05, 0) is 31.4 Å². The summed E-state index contributed by atoms with van der Waals surface area (Å²) in [6, 6.07) is 5.35. The summed E-state index contributed by atoms with van der Waals surface area (Å²) in [5, 5.41) is 16.4. The third-order valence-corrected chi connectivity index (χ3v) is 3.89. The van der Waals surface area contributed by atoms with Crippen molar-refractivity contribution in [2.75, 3.05) is 6.54 Å². The second-order valence-corrected chi connectivity index (χ2v) is 5.10. The highest BCUT2D eigenvalue weighted by Gasteiger charge is 2.43. The normalized spacial score (nSPS) is 17.0. The molecule has 2 N–H and O–H groups in total. The summed E-state index contributed by atoms with van der Waals surface area (Å²) < 4.78 is 2.83. The Morgan fingerprint density at radius 2 is 2.25 bits per heavy atom. The Bertz CT molecular complexity index is 699. The molecule has 0 aromatic carbocycles. The largest absolute Gasteiger partial charge is 0.480 e. The molecule has 0 spiro atoms. The molecule has 2 aromatic rings. The number of nitrogens with zero attached hydrogens (tertiary/aromatic N) is 3. The molecule has 0 radical (unpaired) electrons. The highest BCUT2D eigenvalue weighted by atomic mass is 16.4. The lowest BCUT2D eigenvalue weighted by molar-refractivity contribution is -0.148. The molecule has 106 valence electrons. The van der Waals surface area contributed by atoms with Gasteiger partial charge in [0.15, 0.2) is 5.65 Å². The summed E-state index contributed by atoms with van der Waals surface area (Å²) in [6.45, 7) is 0.769. The Morgan fingerprint density at radius 1 is 1.45 bits per heavy atom. The number of hydrogen-bond acceptors (Lipinski definition) is 4. The Kier molecular flexibility index (Phi) is 3.06. The summed E-state index contributed by atoms with van der Waals surface area (Å²) in [5.74, 6) is -0.814. The van der Waals surface area contributed by atoms with E-state index in [-0.39, 0.29) is 5.69 Å². The van der Waals surface area contributed by atoms with Crippen LogP contribution >= 0.6 is 0 Å². The van der Waals surface area contributed by atoms with Crippen molar-refractivity contribution < 1.29 is 9.90 Å². The van der Waals surface area contributed by atoms with E-state index < -0.39 is 11.5 Å². The summed E-state index contributed by atoms with van der Waals surface area (Å²) in [7, 11) is 0. The standard InChI is InChI=1S/C13H16N4O3/c18-11(19)13(5-3-6-13)14-7-9-17-12(20)16-8-2-1-4-10(16)15-17/h1-2,4,8,14H,3,5-7,9H2,(H,18,19). The van der Waals surface area contributed by atoms with E-state index in [0.717, 1.165) is 6.42 Å². The maximum Gasteiger partial charge on any atom is 0.350 e. The molecule has 2 heterocycles. The maximum absolute atomic E-state index is 12.0. The Labute approximate surface area is 114 Å². The van der Waals surface area contributed by atoms with Crippen molar-refractivity contribution in [3.8, 4) is 0 Å². The van der Waals surface area contributed by atoms with Crippen LogP contribution in [-0.2, 0) is 11.3 Å². The van der Waals surface area contributed by atoms with Crippen molar-refractivity contribution in [3.05, 3.63) is 34.9 Å². The highest BCUT2D eigenvalue weighted by molar-refractivity contribution is 5.79. The molecule has 1 aliphatic carbocycles. The molecule has 1 fully saturated rings. The lowest BCUT2D eigenvalue weighted by Gasteiger charge is -2.38. The van der Waals surface area contributed by atoms with Gasteiger partial charge in [-0.25, -0.2) is 9.48 Å². The zero-order valence-electron chi connectivity index (χ0n) is 11.0. The molecule has 7 nitrogen and oxygen atoms in total. The fourth-order valence-electron chi connectivity index (χ4n) is 2.51. The molecule has 0 saturated heterocycles. The van der Waals surface area contributed by atoms with Crippen LogP contribution in [0.1, 0.15) is 19.3 Å². The van der Waals surface area contributed by atoms with E-state index in [4.69, 9.17) is 0 Å². The first-order valence-corrected chi connectivity index (χ1v) is 6.65. The van der Waals surface area contributed by atoms with Gasteiger partial charge in [0.05, 0.1) is 6.54 Å². The predicted molar refractivity (Wildman–Crippen MR) is 71.7 cm³/mol. The molecule has 2 aromatic heterocycles. The van der Waals surface area contributed by atoms with E-state index in [1.54, 1.807) is 18.3 Å². The van der Waals surface area contributed by atoms with Crippen LogP contribution in [0.2, 0.25) is 0 Å². The molecule has 20 heavy (non-hydrogen) atoms. The first-order valence-electron chi connectivity index (χ1n) is 6.65. The van der Waals surface area contributed by atoms with Crippen LogP contribution in [0.4, 0.5) is 0 Å². The topological polar surface area (TPSA) is 88.6 Å². The summed E-state index contributed by atoms with van der Waals surface area (Å²) >= 11 is 0. The average molecular weight is 276 g/mol. The molecule has 0 unspecified atom stereocenters. The van der Waals surface area contributed by atoms with Gasteiger partial charge in [0.1, 0.15) is 5.54 Å². The maximum atomic E-state index is 12.0. The first-order chi connectivity index (χ1) is 9.62. The van der Waals surface area contributed by atoms with Gasteiger partial charge in [0.25, 0.3) is 0 Å². The molecule has 0 bridgehead atoms. The molecule has 0 atom stereocenters. The number of fused-ring (bicyclic) bond motifs is 1. The van der Waals surface area contributed by atoms with E-state index in [9.17, 15) is 14.7 Å². The van der Waals surface area contributed by atoms with Crippen LogP contribution in [0.5, 0.6) is 0 Å². The van der Waals surface area contributed by atoms with Crippen molar-refractivity contribution in [2.45, 2.75) is 31.3 Å². The molecule has 0 aliphatic heterocycles. The molecule has 7 heteroatoms. The third-order valence-electron chi connectivity index (χ3n) is 3.89. The smallest absolute Gasteiger partial charge is 0.350 e. The summed E-state index contributed by atoms with van der Waals surface area (Å²) in [6.07, 6.45) is 3.87. The number of pyridine rings is 1. The number of aromatic nitrogens is 3. The van der Waals surface area contributed by atoms with Gasteiger partial charge in [-0.1, -0.05) is 6.07 Å². The fraction of sp³-hybridized carbons (Fsp3) is 0.462. The van der Waals surface area contributed by atoms with Crippen LogP contribution in [0.15, 0.2) is 29.2 Å². The van der Waals surface area contributed by atoms with E-state index in [1.165, 1.54) is 9.08 Å². The van der Waals surface area contributed by atoms with Gasteiger partial charge in [-0.3, -0.25) is 9.20 Å². The number of aliphatic carboxylic acids is 1. The number of nitrogens with one attached hydrogen (secondary N) is 1. The van der Waals surface area contributed by atoms with Crippen molar-refractivity contribution >= 4 is 11.6 Å². The van der Waals surface area contributed by atoms with Gasteiger partial charge in [0, 0.05) is 12.7 Å². The van der Waals surface area contributed by atoms with Gasteiger partial charge < -0.3 is 10.4 Å². The van der Waals surface area contributed by atoms with Gasteiger partial charge in [0.2, 0.25) is 0 Å². The zero-order chi connectivity index (χ0) is 14.2. The minimum absolute atomic E-state index is 0.208. The number of carboxylic acid groups (broad SMARTS) is 1. The van der Waals surface area contributed by atoms with E-state index in [0.29, 0.717) is 31.6 Å². The average Bonchev–Trinajstić information content (AvgIpc) is 2.70. The van der Waals surface area contributed by atoms with Crippen molar-refractivity contribution in [1.82, 2.24) is 19.5 Å². The van der Waals surface area contributed by atoms with Crippen molar-refractivity contribution in [3.63, 3.8) is 0 Å². The molecular weight excluding hydrogens is 260 g/mol. The fourth-order valence-corrected chi connectivity index (χ4v) is 2.51. The zero-order valence-corrected chi connectivity index (χ0v) is 11.0. The van der Waals surface area contributed by atoms with Gasteiger partial charge in [-0.15, -0.1) is 5.10 Å². The van der Waals surface area contributed by atoms with Crippen molar-refractivity contribution in [2.24, 2.45) is 0 Å². The van der Waals surface area contributed by atoms with Crippen LogP contribution in [0.25, 0.3) is 5.65 Å². The van der Waals surface area contributed by atoms with Crippen molar-refractivity contribution in [1.29, 1.82) is 0 Å². The molecule has 3 rings (SSSR count). The van der Waals surface area contributed by atoms with E-state index >= 15 is 0 Å². The number of carboxylic acids is 1. The quantitative estimate of drug-likeness (QED) is 0.808. The predicted octanol–water partition coefficient (Wildman–Crippen LogP) is 0.0929. The molecule has 1 saturated carbocycles. The number of carbonyl (C=O) groups is 1. The minimum atomic E-state index is -0.814. The lowest BCUT2D eigenvalue weighted by atomic mass is 9.77. The van der Waals surface area contributed by atoms with E-state index in [2.05, 4.69) is 10.4 Å². The van der Waals surface area contributed by atoms with Gasteiger partial charge in [-0.2, -0.15) is 0 Å². The molecular formula is C13H16N4O3. The van der Waals surface area contributed by atoms with E-state index in [1.807, 2.05) is 6.07 Å². The Balaban J connectivity index is 1.70. The van der Waals surface area contributed by atoms with Crippen LogP contribution in [0, 0.1) is 0 Å². The third kappa shape index (κ3) is 2.00. The monoisotopic (exact) mass is 276 g/mol. The second-order valence-electron chi connectivity index (χ2n) is 5.10. The summed E-state index contributed by atoms with van der Waals surface area (Å²) in [5.41, 5.74) is -0.419. The van der Waals surface area contributed by atoms with Crippen LogP contribution < -0.4 is 11.0 Å². The number of hydrogen-bond donors (Lipinski definition) is 2. The molecule has 0 amide bonds. The van der Waals surface area contributed by atoms with Crippen LogP contribution in [0.3, 0.4) is 0 Å². The lowest BCUT2D eigenvalue weighted by Crippen LogP contribution is -2.57. The highest BCUT2D eigenvalue weighted by Crippen LogP contribution is 2.31. The number of rotatable bonds is 5. The van der Waals surface area contributed by atoms with Crippen LogP contribution in [-0.4, -0.2) is 37.3 Å². The SMILES string of the molecule is O=C(O)C1(NCCn2nc3ccccn3c2=O)CCC1. The van der Waals surface area contributed by atoms with Gasteiger partial charge >= 0.3 is 11.7 Å². The Morgan fingerprint density at radius 3 is 2.85 bits per heavy atom. The Hall–Kier alpha value is -2.15. The molecule has 1 aliphatic rings.